The predicted molar refractivity (Wildman–Crippen MR) is 71.6 cm³/mol. The summed E-state index contributed by atoms with van der Waals surface area (Å²) in [6.45, 7) is 1.18. The van der Waals surface area contributed by atoms with Crippen molar-refractivity contribution in [1.29, 1.82) is 0 Å². The van der Waals surface area contributed by atoms with E-state index in [-0.39, 0.29) is 29.8 Å². The molecule has 0 aromatic carbocycles. The Kier molecular flexibility index (Phi) is 3.35. The lowest BCUT2D eigenvalue weighted by Gasteiger charge is -2.08. The molecule has 0 amide bonds. The van der Waals surface area contributed by atoms with Crippen LogP contribution in [0.5, 0.6) is 5.88 Å². The zero-order valence-corrected chi connectivity index (χ0v) is 11.8. The molecule has 0 unspecified atom stereocenters. The maximum absolute atomic E-state index is 13.4. The van der Waals surface area contributed by atoms with Crippen molar-refractivity contribution in [3.8, 4) is 5.88 Å². The first-order chi connectivity index (χ1) is 9.97. The van der Waals surface area contributed by atoms with Gasteiger partial charge in [0, 0.05) is 24.6 Å². The first kappa shape index (κ1) is 13.9. The molecule has 2 aromatic rings. The molecular weight excluding hydrogens is 280 g/mol. The van der Waals surface area contributed by atoms with Gasteiger partial charge in [0.25, 0.3) is 6.43 Å². The Balaban J connectivity index is 2.13. The van der Waals surface area contributed by atoms with Gasteiger partial charge in [-0.1, -0.05) is 0 Å². The molecule has 0 saturated heterocycles. The van der Waals surface area contributed by atoms with Crippen molar-refractivity contribution in [3.05, 3.63) is 17.3 Å². The monoisotopic (exact) mass is 295 g/mol. The Morgan fingerprint density at radius 3 is 2.81 bits per heavy atom. The topological polar surface area (TPSA) is 57.0 Å². The van der Waals surface area contributed by atoms with Crippen molar-refractivity contribution in [2.24, 2.45) is 7.05 Å². The van der Waals surface area contributed by atoms with Crippen LogP contribution in [-0.4, -0.2) is 27.2 Å². The van der Waals surface area contributed by atoms with Crippen LogP contribution >= 0.6 is 0 Å². The third-order valence-corrected chi connectivity index (χ3v) is 3.45. The van der Waals surface area contributed by atoms with Gasteiger partial charge >= 0.3 is 0 Å². The molecule has 7 heteroatoms. The number of Topliss-reactive ketones (excluding diaryl/α,β-unsaturated/α-hetero) is 1. The van der Waals surface area contributed by atoms with Crippen molar-refractivity contribution in [3.63, 3.8) is 0 Å². The van der Waals surface area contributed by atoms with Gasteiger partial charge in [-0.3, -0.25) is 9.48 Å². The van der Waals surface area contributed by atoms with E-state index in [4.69, 9.17) is 4.74 Å². The van der Waals surface area contributed by atoms with Gasteiger partial charge in [-0.05, 0) is 19.8 Å². The number of aromatic nitrogens is 3. The minimum absolute atomic E-state index is 0.0262. The zero-order valence-electron chi connectivity index (χ0n) is 11.8. The number of aryl methyl sites for hydroxylation is 1. The molecule has 5 nitrogen and oxygen atoms in total. The lowest BCUT2D eigenvalue weighted by Crippen LogP contribution is -2.08. The number of nitrogens with zero attached hydrogens (tertiary/aromatic N) is 3. The van der Waals surface area contributed by atoms with E-state index < -0.39 is 6.43 Å². The van der Waals surface area contributed by atoms with E-state index in [0.29, 0.717) is 16.7 Å². The zero-order chi connectivity index (χ0) is 15.1. The summed E-state index contributed by atoms with van der Waals surface area (Å²) < 4.78 is 33.4. The molecule has 21 heavy (non-hydrogen) atoms. The molecule has 1 saturated carbocycles. The Hall–Kier alpha value is -2.05. The molecule has 0 bridgehead atoms. The highest BCUT2D eigenvalue weighted by molar-refractivity contribution is 5.84. The summed E-state index contributed by atoms with van der Waals surface area (Å²) in [7, 11) is 1.67. The SMILES string of the molecule is CC(=O)COc1cc(C(F)F)c2c(C3CC3)nn(C)c2n1. The van der Waals surface area contributed by atoms with Gasteiger partial charge < -0.3 is 4.74 Å². The molecule has 2 aromatic heterocycles. The third-order valence-electron chi connectivity index (χ3n) is 3.45. The Morgan fingerprint density at radius 2 is 2.24 bits per heavy atom. The van der Waals surface area contributed by atoms with Crippen molar-refractivity contribution >= 4 is 16.8 Å². The number of pyridine rings is 1. The number of fused-ring (bicyclic) bond motifs is 1. The number of carbonyl (C=O) groups is 1. The van der Waals surface area contributed by atoms with Gasteiger partial charge in [0.1, 0.15) is 6.61 Å². The molecule has 0 radical (unpaired) electrons. The summed E-state index contributed by atoms with van der Waals surface area (Å²) in [6.07, 6.45) is -0.703. The van der Waals surface area contributed by atoms with E-state index >= 15 is 0 Å². The molecule has 0 atom stereocenters. The quantitative estimate of drug-likeness (QED) is 0.851. The second kappa shape index (κ2) is 5.05. The molecule has 1 aliphatic rings. The number of alkyl halides is 2. The van der Waals surface area contributed by atoms with Crippen molar-refractivity contribution in [1.82, 2.24) is 14.8 Å². The van der Waals surface area contributed by atoms with E-state index in [2.05, 4.69) is 10.1 Å². The fourth-order valence-electron chi connectivity index (χ4n) is 2.35. The molecule has 0 spiro atoms. The molecular formula is C14H15F2N3O2. The molecule has 2 heterocycles. The van der Waals surface area contributed by atoms with Crippen LogP contribution in [0.1, 0.15) is 43.4 Å². The van der Waals surface area contributed by atoms with Crippen LogP contribution < -0.4 is 4.74 Å². The summed E-state index contributed by atoms with van der Waals surface area (Å²) in [4.78, 5) is 15.2. The van der Waals surface area contributed by atoms with Crippen molar-refractivity contribution < 1.29 is 18.3 Å². The second-order valence-corrected chi connectivity index (χ2v) is 5.32. The Labute approximate surface area is 119 Å². The normalized spacial score (nSPS) is 14.9. The number of rotatable bonds is 5. The Morgan fingerprint density at radius 1 is 1.52 bits per heavy atom. The van der Waals surface area contributed by atoms with Crippen molar-refractivity contribution in [2.75, 3.05) is 6.61 Å². The number of carbonyl (C=O) groups excluding carboxylic acids is 1. The smallest absolute Gasteiger partial charge is 0.264 e. The van der Waals surface area contributed by atoms with Crippen LogP contribution in [0.2, 0.25) is 0 Å². The molecule has 0 aliphatic heterocycles. The minimum atomic E-state index is -2.64. The number of halogens is 2. The standard InChI is InChI=1S/C14H15F2N3O2/c1-7(20)6-21-10-5-9(13(15)16)11-12(8-3-4-8)18-19(2)14(11)17-10/h5,8,13H,3-4,6H2,1-2H3. The van der Waals surface area contributed by atoms with Crippen LogP contribution in [0.3, 0.4) is 0 Å². The van der Waals surface area contributed by atoms with Gasteiger partial charge in [-0.15, -0.1) is 0 Å². The minimum Gasteiger partial charge on any atom is -0.470 e. The van der Waals surface area contributed by atoms with Crippen LogP contribution in [-0.2, 0) is 11.8 Å². The largest absolute Gasteiger partial charge is 0.470 e. The number of ketones is 1. The van der Waals surface area contributed by atoms with Gasteiger partial charge in [0.05, 0.1) is 11.1 Å². The van der Waals surface area contributed by atoms with Crippen molar-refractivity contribution in [2.45, 2.75) is 32.1 Å². The predicted octanol–water partition coefficient (Wildman–Crippen LogP) is 2.75. The molecule has 3 rings (SSSR count). The highest BCUT2D eigenvalue weighted by atomic mass is 19.3. The summed E-state index contributed by atoms with van der Waals surface area (Å²) in [6, 6.07) is 1.21. The average molecular weight is 295 g/mol. The van der Waals surface area contributed by atoms with E-state index in [1.54, 1.807) is 7.05 Å². The van der Waals surface area contributed by atoms with Gasteiger partial charge in [-0.25, -0.2) is 8.78 Å². The first-order valence-corrected chi connectivity index (χ1v) is 6.75. The Bertz CT molecular complexity index is 708. The summed E-state index contributed by atoms with van der Waals surface area (Å²) >= 11 is 0. The highest BCUT2D eigenvalue weighted by Gasteiger charge is 2.32. The summed E-state index contributed by atoms with van der Waals surface area (Å²) in [5.74, 6) is 0.0782. The maximum atomic E-state index is 13.4. The molecule has 112 valence electrons. The maximum Gasteiger partial charge on any atom is 0.264 e. The molecule has 1 aliphatic carbocycles. The van der Waals surface area contributed by atoms with Crippen LogP contribution in [0, 0.1) is 0 Å². The van der Waals surface area contributed by atoms with Crippen LogP contribution in [0.4, 0.5) is 8.78 Å². The fourth-order valence-corrected chi connectivity index (χ4v) is 2.35. The first-order valence-electron chi connectivity index (χ1n) is 6.75. The van der Waals surface area contributed by atoms with E-state index in [1.165, 1.54) is 17.7 Å². The second-order valence-electron chi connectivity index (χ2n) is 5.32. The van der Waals surface area contributed by atoms with Gasteiger partial charge in [0.2, 0.25) is 5.88 Å². The van der Waals surface area contributed by atoms with E-state index in [0.717, 1.165) is 12.8 Å². The number of hydrogen-bond donors (Lipinski definition) is 0. The third kappa shape index (κ3) is 2.59. The number of hydrogen-bond acceptors (Lipinski definition) is 4. The molecule has 1 fully saturated rings. The molecule has 0 N–H and O–H groups in total. The summed E-state index contributed by atoms with van der Waals surface area (Å²) in [5, 5.41) is 4.75. The summed E-state index contributed by atoms with van der Waals surface area (Å²) in [5.41, 5.74) is 0.926. The lowest BCUT2D eigenvalue weighted by atomic mass is 10.1. The average Bonchev–Trinajstić information content (AvgIpc) is 3.21. The lowest BCUT2D eigenvalue weighted by molar-refractivity contribution is -0.119. The van der Waals surface area contributed by atoms with Crippen LogP contribution in [0.15, 0.2) is 6.07 Å². The highest BCUT2D eigenvalue weighted by Crippen LogP contribution is 2.44. The fraction of sp³-hybridized carbons (Fsp3) is 0.500. The van der Waals surface area contributed by atoms with Gasteiger partial charge in [0.15, 0.2) is 11.4 Å². The number of ether oxygens (including phenoxy) is 1. The van der Waals surface area contributed by atoms with Crippen LogP contribution in [0.25, 0.3) is 11.0 Å². The van der Waals surface area contributed by atoms with E-state index in [1.807, 2.05) is 0 Å². The van der Waals surface area contributed by atoms with Gasteiger partial charge in [-0.2, -0.15) is 10.1 Å². The van der Waals surface area contributed by atoms with E-state index in [9.17, 15) is 13.6 Å².